The number of furan rings is 1. The van der Waals surface area contributed by atoms with Crippen molar-refractivity contribution in [3.05, 3.63) is 83.6 Å². The summed E-state index contributed by atoms with van der Waals surface area (Å²) in [7, 11) is 3.34. The van der Waals surface area contributed by atoms with Crippen molar-refractivity contribution in [2.75, 3.05) is 58.5 Å². The Morgan fingerprint density at radius 2 is 1.69 bits per heavy atom. The fourth-order valence-electron chi connectivity index (χ4n) is 4.92. The van der Waals surface area contributed by atoms with E-state index in [0.717, 1.165) is 28.5 Å². The van der Waals surface area contributed by atoms with Crippen molar-refractivity contribution in [3.8, 4) is 5.75 Å². The van der Waals surface area contributed by atoms with E-state index >= 15 is 0 Å². The zero-order valence-electron chi connectivity index (χ0n) is 22.5. The Morgan fingerprint density at radius 1 is 0.974 bits per heavy atom. The number of hydrogen-bond donors (Lipinski definition) is 0. The molecule has 0 aliphatic carbocycles. The molecule has 1 fully saturated rings. The molecule has 0 radical (unpaired) electrons. The fraction of sp³-hybridized carbons (Fsp3) is 0.345. The Balaban J connectivity index is 1.36. The van der Waals surface area contributed by atoms with Crippen LogP contribution >= 0.6 is 0 Å². The highest BCUT2D eigenvalue weighted by atomic mass is 16.5. The smallest absolute Gasteiger partial charge is 0.289 e. The lowest BCUT2D eigenvalue weighted by Crippen LogP contribution is -2.50. The molecule has 3 aromatic heterocycles. The summed E-state index contributed by atoms with van der Waals surface area (Å²) in [6.07, 6.45) is 3.35. The lowest BCUT2D eigenvalue weighted by atomic mass is 10.2. The molecule has 0 bridgehead atoms. The number of imidazole rings is 1. The quantitative estimate of drug-likeness (QED) is 0.326. The number of piperazine rings is 1. The second-order valence-corrected chi connectivity index (χ2v) is 9.49. The molecule has 0 unspecified atom stereocenters. The van der Waals surface area contributed by atoms with Crippen LogP contribution in [0, 0.1) is 6.92 Å². The highest BCUT2D eigenvalue weighted by Gasteiger charge is 2.27. The van der Waals surface area contributed by atoms with Gasteiger partial charge in [0.2, 0.25) is 0 Å². The van der Waals surface area contributed by atoms with Crippen LogP contribution in [0.4, 0.5) is 5.82 Å². The highest BCUT2D eigenvalue weighted by molar-refractivity contribution is 5.95. The van der Waals surface area contributed by atoms with Crippen LogP contribution < -0.4 is 9.64 Å². The van der Waals surface area contributed by atoms with Crippen molar-refractivity contribution in [2.24, 2.45) is 0 Å². The van der Waals surface area contributed by atoms with Crippen molar-refractivity contribution in [2.45, 2.75) is 13.5 Å². The van der Waals surface area contributed by atoms with Crippen molar-refractivity contribution in [1.82, 2.24) is 19.2 Å². The molecule has 1 aliphatic heterocycles. The number of amides is 2. The van der Waals surface area contributed by atoms with E-state index in [1.807, 2.05) is 53.9 Å². The number of ether oxygens (including phenoxy) is 2. The Morgan fingerprint density at radius 3 is 2.33 bits per heavy atom. The van der Waals surface area contributed by atoms with E-state index in [9.17, 15) is 9.59 Å². The van der Waals surface area contributed by atoms with E-state index in [-0.39, 0.29) is 11.8 Å². The lowest BCUT2D eigenvalue weighted by molar-refractivity contribution is 0.0518. The molecular formula is C29H33N5O5. The molecule has 1 aromatic carbocycles. The topological polar surface area (TPSA) is 92.8 Å². The van der Waals surface area contributed by atoms with Gasteiger partial charge in [0, 0.05) is 52.6 Å². The molecule has 2 amide bonds. The van der Waals surface area contributed by atoms with Crippen molar-refractivity contribution >= 4 is 23.3 Å². The summed E-state index contributed by atoms with van der Waals surface area (Å²) >= 11 is 0. The van der Waals surface area contributed by atoms with Gasteiger partial charge in [-0.25, -0.2) is 4.98 Å². The Bertz CT molecular complexity index is 1420. The maximum atomic E-state index is 13.5. The van der Waals surface area contributed by atoms with Gasteiger partial charge in [0.1, 0.15) is 17.2 Å². The first-order valence-electron chi connectivity index (χ1n) is 13.0. The molecule has 0 N–H and O–H groups in total. The average Bonchev–Trinajstić information content (AvgIpc) is 3.62. The molecule has 1 saturated heterocycles. The summed E-state index contributed by atoms with van der Waals surface area (Å²) in [5, 5.41) is 0. The summed E-state index contributed by atoms with van der Waals surface area (Å²) < 4.78 is 17.9. The Kier molecular flexibility index (Phi) is 7.83. The van der Waals surface area contributed by atoms with Gasteiger partial charge in [-0.05, 0) is 48.9 Å². The number of rotatable bonds is 9. The number of anilines is 1. The number of carbonyl (C=O) groups excluding carboxylic acids is 2. The van der Waals surface area contributed by atoms with E-state index in [1.54, 1.807) is 36.2 Å². The number of methoxy groups -OCH3 is 2. The van der Waals surface area contributed by atoms with E-state index in [0.29, 0.717) is 57.2 Å². The van der Waals surface area contributed by atoms with Gasteiger partial charge in [0.05, 0.1) is 31.2 Å². The first kappa shape index (κ1) is 26.3. The second kappa shape index (κ2) is 11.6. The third kappa shape index (κ3) is 5.61. The summed E-state index contributed by atoms with van der Waals surface area (Å²) in [6.45, 7) is 5.64. The van der Waals surface area contributed by atoms with Crippen LogP contribution in [0.2, 0.25) is 0 Å². The molecule has 10 heteroatoms. The number of fused-ring (bicyclic) bond motifs is 1. The van der Waals surface area contributed by atoms with Gasteiger partial charge in [0.25, 0.3) is 11.8 Å². The van der Waals surface area contributed by atoms with Gasteiger partial charge in [-0.2, -0.15) is 0 Å². The van der Waals surface area contributed by atoms with Gasteiger partial charge in [-0.1, -0.05) is 12.1 Å². The molecule has 10 nitrogen and oxygen atoms in total. The zero-order chi connectivity index (χ0) is 27.4. The molecule has 1 aliphatic rings. The van der Waals surface area contributed by atoms with Crippen LogP contribution in [0.25, 0.3) is 5.65 Å². The van der Waals surface area contributed by atoms with Gasteiger partial charge < -0.3 is 28.6 Å². The molecule has 4 heterocycles. The molecule has 0 spiro atoms. The number of aryl methyl sites for hydroxylation is 1. The second-order valence-electron chi connectivity index (χ2n) is 9.49. The number of carbonyl (C=O) groups is 2. The molecule has 4 aromatic rings. The number of benzene rings is 1. The maximum Gasteiger partial charge on any atom is 0.289 e. The Hall–Kier alpha value is -4.31. The third-order valence-electron chi connectivity index (χ3n) is 6.99. The zero-order valence-corrected chi connectivity index (χ0v) is 22.5. The van der Waals surface area contributed by atoms with Crippen LogP contribution in [-0.4, -0.2) is 84.5 Å². The van der Waals surface area contributed by atoms with E-state index in [1.165, 1.54) is 6.26 Å². The van der Waals surface area contributed by atoms with E-state index in [4.69, 9.17) is 18.9 Å². The normalized spacial score (nSPS) is 13.6. The Labute approximate surface area is 227 Å². The van der Waals surface area contributed by atoms with E-state index < -0.39 is 0 Å². The van der Waals surface area contributed by atoms with Crippen molar-refractivity contribution in [3.63, 3.8) is 0 Å². The largest absolute Gasteiger partial charge is 0.497 e. The minimum atomic E-state index is -0.153. The number of hydrogen-bond acceptors (Lipinski definition) is 7. The molecular weight excluding hydrogens is 498 g/mol. The number of pyridine rings is 1. The summed E-state index contributed by atoms with van der Waals surface area (Å²) in [6, 6.07) is 15.0. The van der Waals surface area contributed by atoms with Crippen LogP contribution in [-0.2, 0) is 11.3 Å². The van der Waals surface area contributed by atoms with Gasteiger partial charge in [-0.15, -0.1) is 0 Å². The monoisotopic (exact) mass is 531 g/mol. The SMILES string of the molecule is COCCN(Cc1ccc(OC)cc1)c1c(C)nc2ccc(C(=O)N3CCN(C(=O)c4ccco4)CC3)cn12. The minimum absolute atomic E-state index is 0.0714. The molecule has 39 heavy (non-hydrogen) atoms. The molecule has 0 saturated carbocycles. The van der Waals surface area contributed by atoms with Crippen molar-refractivity contribution < 1.29 is 23.5 Å². The van der Waals surface area contributed by atoms with Gasteiger partial charge >= 0.3 is 0 Å². The first-order valence-corrected chi connectivity index (χ1v) is 13.0. The number of nitrogens with zero attached hydrogens (tertiary/aromatic N) is 5. The minimum Gasteiger partial charge on any atom is -0.497 e. The highest BCUT2D eigenvalue weighted by Crippen LogP contribution is 2.26. The van der Waals surface area contributed by atoms with Crippen LogP contribution in [0.1, 0.15) is 32.2 Å². The summed E-state index contributed by atoms with van der Waals surface area (Å²) in [4.78, 5) is 36.6. The van der Waals surface area contributed by atoms with Crippen LogP contribution in [0.5, 0.6) is 5.75 Å². The van der Waals surface area contributed by atoms with Gasteiger partial charge in [-0.3, -0.25) is 14.0 Å². The first-order chi connectivity index (χ1) is 19.0. The predicted molar refractivity (Wildman–Crippen MR) is 146 cm³/mol. The number of aromatic nitrogens is 2. The fourth-order valence-corrected chi connectivity index (χ4v) is 4.92. The van der Waals surface area contributed by atoms with Gasteiger partial charge in [0.15, 0.2) is 5.76 Å². The van der Waals surface area contributed by atoms with Crippen LogP contribution in [0.3, 0.4) is 0 Å². The summed E-state index contributed by atoms with van der Waals surface area (Å²) in [5.74, 6) is 1.82. The average molecular weight is 532 g/mol. The van der Waals surface area contributed by atoms with E-state index in [2.05, 4.69) is 4.90 Å². The van der Waals surface area contributed by atoms with Crippen LogP contribution in [0.15, 0.2) is 65.4 Å². The molecule has 5 rings (SSSR count). The summed E-state index contributed by atoms with van der Waals surface area (Å²) in [5.41, 5.74) is 3.33. The predicted octanol–water partition coefficient (Wildman–Crippen LogP) is 3.50. The standard InChI is InChI=1S/C29H33N5O5/c1-21-27(33(16-18-37-2)19-22-6-9-24(38-3)10-7-22)34-20-23(8-11-26(34)30-21)28(35)31-12-14-32(15-13-31)29(36)25-5-4-17-39-25/h4-11,17,20H,12-16,18-19H2,1-3H3. The third-order valence-corrected chi connectivity index (χ3v) is 6.99. The maximum absolute atomic E-state index is 13.5. The van der Waals surface area contributed by atoms with Crippen molar-refractivity contribution in [1.29, 1.82) is 0 Å². The molecule has 0 atom stereocenters. The molecule has 204 valence electrons. The lowest BCUT2D eigenvalue weighted by Gasteiger charge is -2.34.